The molecule has 7 nitrogen and oxygen atoms in total. The van der Waals surface area contributed by atoms with Crippen molar-refractivity contribution < 1.29 is 4.79 Å². The maximum absolute atomic E-state index is 13.3. The largest absolute Gasteiger partial charge is 0.361 e. The molecule has 29 heavy (non-hydrogen) atoms. The van der Waals surface area contributed by atoms with Crippen molar-refractivity contribution in [3.8, 4) is 0 Å². The van der Waals surface area contributed by atoms with Crippen molar-refractivity contribution in [3.05, 3.63) is 98.3 Å². The van der Waals surface area contributed by atoms with Crippen LogP contribution in [0.3, 0.4) is 0 Å². The van der Waals surface area contributed by atoms with E-state index >= 15 is 0 Å². The summed E-state index contributed by atoms with van der Waals surface area (Å²) >= 11 is 0. The van der Waals surface area contributed by atoms with Gasteiger partial charge in [-0.05, 0) is 24.1 Å². The van der Waals surface area contributed by atoms with Gasteiger partial charge in [0.15, 0.2) is 0 Å². The van der Waals surface area contributed by atoms with E-state index in [0.29, 0.717) is 29.8 Å². The van der Waals surface area contributed by atoms with Gasteiger partial charge < -0.3 is 14.8 Å². The molecular formula is C22H22N4O3. The minimum absolute atomic E-state index is 0.142. The molecule has 1 unspecified atom stereocenters. The molecule has 0 fully saturated rings. The van der Waals surface area contributed by atoms with Crippen molar-refractivity contribution in [2.75, 3.05) is 11.9 Å². The fourth-order valence-corrected chi connectivity index (χ4v) is 3.69. The van der Waals surface area contributed by atoms with Gasteiger partial charge in [0.05, 0.1) is 11.1 Å². The number of aromatic nitrogens is 2. The monoisotopic (exact) mass is 390 g/mol. The van der Waals surface area contributed by atoms with E-state index in [0.717, 1.165) is 10.1 Å². The number of benzene rings is 2. The summed E-state index contributed by atoms with van der Waals surface area (Å²) in [7, 11) is 3.04. The van der Waals surface area contributed by atoms with Gasteiger partial charge in [0.25, 0.3) is 11.5 Å². The van der Waals surface area contributed by atoms with E-state index in [2.05, 4.69) is 5.32 Å². The van der Waals surface area contributed by atoms with E-state index in [1.807, 2.05) is 48.5 Å². The molecule has 0 saturated carbocycles. The zero-order valence-electron chi connectivity index (χ0n) is 16.3. The first-order valence-electron chi connectivity index (χ1n) is 9.44. The zero-order valence-corrected chi connectivity index (χ0v) is 16.3. The van der Waals surface area contributed by atoms with E-state index in [9.17, 15) is 14.4 Å². The van der Waals surface area contributed by atoms with Gasteiger partial charge in [0, 0.05) is 32.5 Å². The summed E-state index contributed by atoms with van der Waals surface area (Å²) in [6.07, 6.45) is 1.50. The van der Waals surface area contributed by atoms with Crippen molar-refractivity contribution in [2.24, 2.45) is 14.1 Å². The molecule has 2 heterocycles. The fourth-order valence-electron chi connectivity index (χ4n) is 3.69. The summed E-state index contributed by atoms with van der Waals surface area (Å²) in [5.74, 6) is -0.142. The van der Waals surface area contributed by atoms with E-state index < -0.39 is 17.4 Å². The summed E-state index contributed by atoms with van der Waals surface area (Å²) in [6, 6.07) is 17.1. The highest BCUT2D eigenvalue weighted by molar-refractivity contribution is 6.01. The Morgan fingerprint density at radius 2 is 1.62 bits per heavy atom. The highest BCUT2D eigenvalue weighted by atomic mass is 16.2. The maximum Gasteiger partial charge on any atom is 0.330 e. The van der Waals surface area contributed by atoms with Crippen molar-refractivity contribution in [1.29, 1.82) is 0 Å². The quantitative estimate of drug-likeness (QED) is 0.738. The van der Waals surface area contributed by atoms with Gasteiger partial charge in [-0.3, -0.25) is 14.2 Å². The Hall–Kier alpha value is -3.61. The second kappa shape index (κ2) is 7.43. The predicted octanol–water partition coefficient (Wildman–Crippen LogP) is 1.89. The number of hydrogen-bond acceptors (Lipinski definition) is 4. The van der Waals surface area contributed by atoms with Crippen molar-refractivity contribution in [1.82, 2.24) is 14.0 Å². The summed E-state index contributed by atoms with van der Waals surface area (Å²) in [5.41, 5.74) is 1.88. The van der Waals surface area contributed by atoms with E-state index in [4.69, 9.17) is 0 Å². The smallest absolute Gasteiger partial charge is 0.330 e. The van der Waals surface area contributed by atoms with Crippen LogP contribution in [0, 0.1) is 0 Å². The number of nitrogens with one attached hydrogen (secondary N) is 1. The molecule has 0 spiro atoms. The lowest BCUT2D eigenvalue weighted by atomic mass is 10.0. The number of nitrogens with zero attached hydrogens (tertiary/aromatic N) is 3. The molecular weight excluding hydrogens is 368 g/mol. The first-order valence-corrected chi connectivity index (χ1v) is 9.44. The van der Waals surface area contributed by atoms with Gasteiger partial charge in [-0.15, -0.1) is 0 Å². The van der Waals surface area contributed by atoms with Crippen LogP contribution < -0.4 is 16.6 Å². The molecule has 1 aliphatic heterocycles. The summed E-state index contributed by atoms with van der Waals surface area (Å²) < 4.78 is 2.43. The predicted molar refractivity (Wildman–Crippen MR) is 111 cm³/mol. The number of anilines is 1. The Kier molecular flexibility index (Phi) is 4.80. The molecule has 1 N–H and O–H groups in total. The van der Waals surface area contributed by atoms with Crippen LogP contribution in [0.15, 0.2) is 70.4 Å². The molecule has 1 atom stereocenters. The average Bonchev–Trinajstić information content (AvgIpc) is 2.75. The Morgan fingerprint density at radius 3 is 2.38 bits per heavy atom. The van der Waals surface area contributed by atoms with Crippen molar-refractivity contribution in [3.63, 3.8) is 0 Å². The van der Waals surface area contributed by atoms with Crippen LogP contribution in [0.2, 0.25) is 0 Å². The Labute approximate surface area is 167 Å². The summed E-state index contributed by atoms with van der Waals surface area (Å²) in [6.45, 7) is 0.431. The molecule has 3 aromatic rings. The molecule has 0 bridgehead atoms. The van der Waals surface area contributed by atoms with Crippen LogP contribution in [0.1, 0.15) is 27.7 Å². The molecule has 1 aromatic heterocycles. The second-order valence-electron chi connectivity index (χ2n) is 7.17. The van der Waals surface area contributed by atoms with Crippen LogP contribution in [-0.4, -0.2) is 26.5 Å². The number of para-hydroxylation sites is 1. The van der Waals surface area contributed by atoms with Crippen LogP contribution in [0.25, 0.3) is 0 Å². The van der Waals surface area contributed by atoms with Gasteiger partial charge >= 0.3 is 5.69 Å². The number of amides is 1. The standard InChI is InChI=1S/C22H22N4O3/c1-24-14-17(20(27)25(2)22(24)29)19-23-18-11-7-6-10-16(18)21(28)26(19)13-12-15-8-4-3-5-9-15/h3-11,14,19,23H,12-13H2,1-2H3. The molecule has 4 rings (SSSR count). The average molecular weight is 390 g/mol. The molecule has 1 amide bonds. The maximum atomic E-state index is 13.3. The normalized spacial score (nSPS) is 15.7. The zero-order chi connectivity index (χ0) is 20.5. The third-order valence-corrected chi connectivity index (χ3v) is 5.27. The highest BCUT2D eigenvalue weighted by Gasteiger charge is 2.34. The number of hydrogen-bond donors (Lipinski definition) is 1. The number of fused-ring (bicyclic) bond motifs is 1. The molecule has 148 valence electrons. The van der Waals surface area contributed by atoms with Crippen molar-refractivity contribution in [2.45, 2.75) is 12.6 Å². The summed E-state index contributed by atoms with van der Waals surface area (Å²) in [4.78, 5) is 39.9. The van der Waals surface area contributed by atoms with Gasteiger partial charge in [0.2, 0.25) is 0 Å². The van der Waals surface area contributed by atoms with Crippen molar-refractivity contribution >= 4 is 11.6 Å². The van der Waals surface area contributed by atoms with Crippen LogP contribution in [-0.2, 0) is 20.5 Å². The van der Waals surface area contributed by atoms with E-state index in [1.54, 1.807) is 18.0 Å². The van der Waals surface area contributed by atoms with Gasteiger partial charge in [-0.25, -0.2) is 4.79 Å². The number of aryl methyl sites for hydroxylation is 1. The molecule has 0 aliphatic carbocycles. The van der Waals surface area contributed by atoms with Gasteiger partial charge in [-0.2, -0.15) is 0 Å². The van der Waals surface area contributed by atoms with E-state index in [1.165, 1.54) is 17.8 Å². The topological polar surface area (TPSA) is 76.3 Å². The Balaban J connectivity index is 1.78. The second-order valence-corrected chi connectivity index (χ2v) is 7.17. The SMILES string of the molecule is Cn1cc(C2Nc3ccccc3C(=O)N2CCc2ccccc2)c(=O)n(C)c1=O. The Bertz CT molecular complexity index is 1180. The lowest BCUT2D eigenvalue weighted by molar-refractivity contribution is 0.0683. The number of rotatable bonds is 4. The van der Waals surface area contributed by atoms with Crippen LogP contribution >= 0.6 is 0 Å². The van der Waals surface area contributed by atoms with Crippen LogP contribution in [0.4, 0.5) is 5.69 Å². The molecule has 7 heteroatoms. The third-order valence-electron chi connectivity index (χ3n) is 5.27. The number of carbonyl (C=O) groups is 1. The van der Waals surface area contributed by atoms with Gasteiger partial charge in [-0.1, -0.05) is 42.5 Å². The minimum atomic E-state index is -0.661. The summed E-state index contributed by atoms with van der Waals surface area (Å²) in [5, 5.41) is 3.32. The number of carbonyl (C=O) groups excluding carboxylic acids is 1. The lowest BCUT2D eigenvalue weighted by Gasteiger charge is -2.38. The third kappa shape index (κ3) is 3.35. The lowest BCUT2D eigenvalue weighted by Crippen LogP contribution is -2.48. The fraction of sp³-hybridized carbons (Fsp3) is 0.227. The van der Waals surface area contributed by atoms with Crippen LogP contribution in [0.5, 0.6) is 0 Å². The highest BCUT2D eigenvalue weighted by Crippen LogP contribution is 2.31. The minimum Gasteiger partial charge on any atom is -0.361 e. The van der Waals surface area contributed by atoms with E-state index in [-0.39, 0.29) is 5.91 Å². The first-order chi connectivity index (χ1) is 14.0. The first kappa shape index (κ1) is 18.7. The Morgan fingerprint density at radius 1 is 0.931 bits per heavy atom. The molecule has 1 aliphatic rings. The molecule has 0 saturated heterocycles. The van der Waals surface area contributed by atoms with Gasteiger partial charge in [0.1, 0.15) is 6.17 Å². The molecule has 2 aromatic carbocycles. The molecule has 0 radical (unpaired) electrons.